The van der Waals surface area contributed by atoms with Crippen molar-refractivity contribution in [3.05, 3.63) is 0 Å². The first-order valence-corrected chi connectivity index (χ1v) is 3.10. The molecule has 1 atom stereocenters. The third kappa shape index (κ3) is 2.50. The van der Waals surface area contributed by atoms with Gasteiger partial charge in [0.2, 0.25) is 5.62 Å². The van der Waals surface area contributed by atoms with E-state index in [4.69, 9.17) is 11.6 Å². The van der Waals surface area contributed by atoms with E-state index in [9.17, 15) is 0 Å². The molecule has 0 amide bonds. The van der Waals surface area contributed by atoms with E-state index in [0.29, 0.717) is 0 Å². The Morgan fingerprint density at radius 2 is 1.75 bits per heavy atom. The fourth-order valence-electron chi connectivity index (χ4n) is 0.516. The summed E-state index contributed by atoms with van der Waals surface area (Å²) in [6, 6.07) is 0. The molecule has 0 rings (SSSR count). The van der Waals surface area contributed by atoms with Crippen LogP contribution >= 0.6 is 11.6 Å². The topological polar surface area (TPSA) is 7.68 Å². The summed E-state index contributed by atoms with van der Waals surface area (Å²) < 4.78 is 0. The Hall–Kier alpha value is 0.210. The van der Waals surface area contributed by atoms with Crippen LogP contribution in [0, 0.1) is 0 Å². The van der Waals surface area contributed by atoms with Crippen molar-refractivity contribution in [3.8, 4) is 0 Å². The second-order valence-electron chi connectivity index (χ2n) is 2.38. The van der Waals surface area contributed by atoms with E-state index in [1.165, 1.54) is 4.90 Å². The molecule has 0 spiro atoms. The van der Waals surface area contributed by atoms with Crippen molar-refractivity contribution in [2.75, 3.05) is 28.2 Å². The quantitative estimate of drug-likeness (QED) is 0.298. The minimum absolute atomic E-state index is 0.0926. The molecule has 3 heteroatoms. The summed E-state index contributed by atoms with van der Waals surface area (Å²) in [6.07, 6.45) is 0. The maximum absolute atomic E-state index is 5.84. The SMILES string of the molecule is CN(C)C(Cl)[NH+](C)C. The molecular formula is C5H14ClN2+. The number of hydrogen-bond donors (Lipinski definition) is 1. The van der Waals surface area contributed by atoms with Crippen molar-refractivity contribution < 1.29 is 4.90 Å². The zero-order valence-corrected chi connectivity index (χ0v) is 6.66. The first kappa shape index (κ1) is 8.21. The molecule has 0 aromatic rings. The largest absolute Gasteiger partial charge is 0.312 e. The predicted octanol–water partition coefficient (Wildman–Crippen LogP) is -0.785. The Morgan fingerprint density at radius 3 is 1.75 bits per heavy atom. The number of nitrogens with zero attached hydrogens (tertiary/aromatic N) is 1. The lowest BCUT2D eigenvalue weighted by molar-refractivity contribution is -0.882. The third-order valence-corrected chi connectivity index (χ3v) is 1.76. The maximum atomic E-state index is 5.84. The second-order valence-corrected chi connectivity index (χ2v) is 2.79. The number of halogens is 1. The first-order chi connectivity index (χ1) is 3.55. The van der Waals surface area contributed by atoms with E-state index in [2.05, 4.69) is 0 Å². The molecule has 1 unspecified atom stereocenters. The van der Waals surface area contributed by atoms with Crippen LogP contribution < -0.4 is 4.90 Å². The van der Waals surface area contributed by atoms with Crippen LogP contribution in [0.4, 0.5) is 0 Å². The van der Waals surface area contributed by atoms with Gasteiger partial charge in [0.15, 0.2) is 0 Å². The molecule has 0 aliphatic heterocycles. The lowest BCUT2D eigenvalue weighted by Gasteiger charge is -2.20. The summed E-state index contributed by atoms with van der Waals surface area (Å²) in [5.41, 5.74) is 0.0926. The summed E-state index contributed by atoms with van der Waals surface area (Å²) in [5, 5.41) is 0. The van der Waals surface area contributed by atoms with Crippen molar-refractivity contribution in [3.63, 3.8) is 0 Å². The molecule has 0 aromatic carbocycles. The summed E-state index contributed by atoms with van der Waals surface area (Å²) in [7, 11) is 7.98. The molecule has 0 fully saturated rings. The Bertz CT molecular complexity index is 55.4. The summed E-state index contributed by atoms with van der Waals surface area (Å²) in [6.45, 7) is 0. The van der Waals surface area contributed by atoms with Crippen LogP contribution in [0.25, 0.3) is 0 Å². The molecule has 0 saturated heterocycles. The maximum Gasteiger partial charge on any atom is 0.220 e. The van der Waals surface area contributed by atoms with Crippen molar-refractivity contribution in [2.45, 2.75) is 5.62 Å². The number of alkyl halides is 1. The minimum atomic E-state index is 0.0926. The monoisotopic (exact) mass is 137 g/mol. The van der Waals surface area contributed by atoms with Gasteiger partial charge in [-0.05, 0) is 25.7 Å². The highest BCUT2D eigenvalue weighted by molar-refractivity contribution is 6.19. The van der Waals surface area contributed by atoms with Crippen LogP contribution in [0.2, 0.25) is 0 Å². The third-order valence-electron chi connectivity index (χ3n) is 0.930. The lowest BCUT2D eigenvalue weighted by atomic mass is 10.8. The molecule has 0 saturated carbocycles. The molecule has 0 aliphatic rings. The minimum Gasteiger partial charge on any atom is -0.312 e. The van der Waals surface area contributed by atoms with Crippen LogP contribution in [0.15, 0.2) is 0 Å². The molecule has 0 aliphatic carbocycles. The fraction of sp³-hybridized carbons (Fsp3) is 1.00. The van der Waals surface area contributed by atoms with E-state index in [1.54, 1.807) is 0 Å². The highest BCUT2D eigenvalue weighted by Crippen LogP contribution is 1.85. The highest BCUT2D eigenvalue weighted by atomic mass is 35.5. The van der Waals surface area contributed by atoms with E-state index in [-0.39, 0.29) is 5.62 Å². The normalized spacial score (nSPS) is 15.4. The van der Waals surface area contributed by atoms with Crippen LogP contribution in [-0.2, 0) is 0 Å². The first-order valence-electron chi connectivity index (χ1n) is 2.66. The lowest BCUT2D eigenvalue weighted by Crippen LogP contribution is -3.10. The standard InChI is InChI=1S/C5H13ClN2/c1-7(2)5(6)8(3)4/h5H,1-4H3/p+1. The van der Waals surface area contributed by atoms with Gasteiger partial charge in [-0.2, -0.15) is 0 Å². The Labute approximate surface area is 56.0 Å². The van der Waals surface area contributed by atoms with Gasteiger partial charge in [0, 0.05) is 0 Å². The zero-order valence-electron chi connectivity index (χ0n) is 5.90. The van der Waals surface area contributed by atoms with E-state index in [0.717, 1.165) is 0 Å². The van der Waals surface area contributed by atoms with Gasteiger partial charge < -0.3 is 4.90 Å². The average molecular weight is 138 g/mol. The Morgan fingerprint density at radius 1 is 1.38 bits per heavy atom. The van der Waals surface area contributed by atoms with E-state index >= 15 is 0 Å². The molecule has 50 valence electrons. The highest BCUT2D eigenvalue weighted by Gasteiger charge is 2.11. The van der Waals surface area contributed by atoms with E-state index in [1.807, 2.05) is 33.1 Å². The molecule has 0 radical (unpaired) electrons. The van der Waals surface area contributed by atoms with Crippen LogP contribution in [-0.4, -0.2) is 38.7 Å². The molecule has 0 bridgehead atoms. The molecule has 1 N–H and O–H groups in total. The van der Waals surface area contributed by atoms with Gasteiger partial charge in [-0.15, -0.1) is 0 Å². The Kier molecular flexibility index (Phi) is 3.36. The van der Waals surface area contributed by atoms with Crippen molar-refractivity contribution >= 4 is 11.6 Å². The van der Waals surface area contributed by atoms with Gasteiger partial charge in [0.1, 0.15) is 0 Å². The van der Waals surface area contributed by atoms with Gasteiger partial charge in [0.25, 0.3) is 0 Å². The van der Waals surface area contributed by atoms with Gasteiger partial charge in [-0.3, -0.25) is 0 Å². The van der Waals surface area contributed by atoms with Gasteiger partial charge in [0.05, 0.1) is 14.1 Å². The summed E-state index contributed by atoms with van der Waals surface area (Å²) >= 11 is 5.84. The smallest absolute Gasteiger partial charge is 0.220 e. The fourth-order valence-corrected chi connectivity index (χ4v) is 0.516. The molecule has 2 nitrogen and oxygen atoms in total. The summed E-state index contributed by atoms with van der Waals surface area (Å²) in [5.74, 6) is 0. The number of quaternary nitrogens is 1. The number of hydrogen-bond acceptors (Lipinski definition) is 1. The molecule has 0 heterocycles. The predicted molar refractivity (Wildman–Crippen MR) is 36.1 cm³/mol. The summed E-state index contributed by atoms with van der Waals surface area (Å²) in [4.78, 5) is 3.20. The molecular weight excluding hydrogens is 124 g/mol. The number of nitrogens with one attached hydrogen (secondary N) is 1. The number of rotatable bonds is 2. The van der Waals surface area contributed by atoms with Gasteiger partial charge >= 0.3 is 0 Å². The van der Waals surface area contributed by atoms with Crippen molar-refractivity contribution in [1.29, 1.82) is 0 Å². The van der Waals surface area contributed by atoms with Crippen molar-refractivity contribution in [2.24, 2.45) is 0 Å². The molecule has 8 heavy (non-hydrogen) atoms. The Balaban J connectivity index is 3.46. The van der Waals surface area contributed by atoms with Crippen LogP contribution in [0.5, 0.6) is 0 Å². The van der Waals surface area contributed by atoms with E-state index < -0.39 is 0 Å². The van der Waals surface area contributed by atoms with Gasteiger partial charge in [-0.1, -0.05) is 0 Å². The second kappa shape index (κ2) is 3.28. The van der Waals surface area contributed by atoms with Crippen LogP contribution in [0.1, 0.15) is 0 Å². The zero-order chi connectivity index (χ0) is 6.73. The van der Waals surface area contributed by atoms with Crippen molar-refractivity contribution in [1.82, 2.24) is 4.90 Å². The average Bonchev–Trinajstić information content (AvgIpc) is 1.64. The van der Waals surface area contributed by atoms with Crippen LogP contribution in [0.3, 0.4) is 0 Å². The van der Waals surface area contributed by atoms with Gasteiger partial charge in [-0.25, -0.2) is 4.90 Å². The molecule has 0 aromatic heterocycles.